The molecule has 0 heterocycles. The summed E-state index contributed by atoms with van der Waals surface area (Å²) >= 11 is 0. The molecule has 0 aliphatic rings. The lowest BCUT2D eigenvalue weighted by Crippen LogP contribution is -2.45. The molecule has 0 rings (SSSR count). The van der Waals surface area contributed by atoms with Crippen molar-refractivity contribution in [1.29, 1.82) is 0 Å². The van der Waals surface area contributed by atoms with Gasteiger partial charge in [0.25, 0.3) is 0 Å². The quantitative estimate of drug-likeness (QED) is 0.303. The highest BCUT2D eigenvalue weighted by molar-refractivity contribution is 6.60. The summed E-state index contributed by atoms with van der Waals surface area (Å²) in [6.07, 6.45) is 2.35. The Labute approximate surface area is 158 Å². The van der Waals surface area contributed by atoms with Crippen molar-refractivity contribution in [2.24, 2.45) is 5.73 Å². The molecular weight excluding hydrogens is 356 g/mol. The van der Waals surface area contributed by atoms with Crippen LogP contribution in [0.3, 0.4) is 0 Å². The molecule has 0 saturated carbocycles. The van der Waals surface area contributed by atoms with Crippen molar-refractivity contribution in [2.45, 2.75) is 52.6 Å². The molecule has 0 aromatic rings. The molecule has 0 spiro atoms. The number of unbranched alkanes of at least 4 members (excludes halogenated alkanes) is 1. The summed E-state index contributed by atoms with van der Waals surface area (Å²) in [6.45, 7) is 12.6. The number of hydrogen-bond donors (Lipinski definition) is 2. The van der Waals surface area contributed by atoms with E-state index in [0.29, 0.717) is 26.4 Å². The number of nitrogens with two attached hydrogens (primary N) is 1. The van der Waals surface area contributed by atoms with Gasteiger partial charge < -0.3 is 33.2 Å². The van der Waals surface area contributed by atoms with Gasteiger partial charge in [-0.3, -0.25) is 0 Å². The van der Waals surface area contributed by atoms with Gasteiger partial charge in [0, 0.05) is 53.2 Å². The van der Waals surface area contributed by atoms with E-state index in [-0.39, 0.29) is 0 Å². The molecule has 0 radical (unpaired) electrons. The van der Waals surface area contributed by atoms with Crippen molar-refractivity contribution in [3.63, 3.8) is 0 Å². The molecule has 0 aliphatic heterocycles. The molecule has 0 unspecified atom stereocenters. The van der Waals surface area contributed by atoms with Gasteiger partial charge >= 0.3 is 18.1 Å². The van der Waals surface area contributed by atoms with Crippen LogP contribution in [0.1, 0.15) is 40.5 Å². The van der Waals surface area contributed by atoms with Gasteiger partial charge in [0.2, 0.25) is 0 Å². The van der Waals surface area contributed by atoms with Crippen molar-refractivity contribution in [3.8, 4) is 0 Å². The Bertz CT molecular complexity index is 246. The van der Waals surface area contributed by atoms with E-state index in [1.165, 1.54) is 12.8 Å². The van der Waals surface area contributed by atoms with Crippen LogP contribution in [0.4, 0.5) is 0 Å². The highest BCUT2D eigenvalue weighted by Gasteiger charge is 2.37. The normalized spacial score (nSPS) is 11.5. The first-order valence-corrected chi connectivity index (χ1v) is 13.2. The number of nitrogens with one attached hydrogen (secondary N) is 1. The van der Waals surface area contributed by atoms with Gasteiger partial charge in [0.15, 0.2) is 0 Å². The summed E-state index contributed by atoms with van der Waals surface area (Å²) in [5.74, 6) is 0. The van der Waals surface area contributed by atoms with Crippen LogP contribution >= 0.6 is 0 Å². The zero-order valence-electron chi connectivity index (χ0n) is 17.3. The van der Waals surface area contributed by atoms with Gasteiger partial charge in [-0.2, -0.15) is 0 Å². The molecule has 0 fully saturated rings. The van der Waals surface area contributed by atoms with E-state index < -0.39 is 18.1 Å². The Morgan fingerprint density at radius 1 is 0.840 bits per heavy atom. The molecule has 0 amide bonds. The first-order valence-electron chi connectivity index (χ1n) is 9.47. The van der Waals surface area contributed by atoms with Crippen LogP contribution in [0.25, 0.3) is 0 Å². The van der Waals surface area contributed by atoms with Crippen LogP contribution in [0.2, 0.25) is 12.1 Å². The SMILES string of the molecule is CCO[Si](CC)(OCC)OCC.CO[SiH](CCCCNCCN)OC. The third kappa shape index (κ3) is 16.1. The maximum absolute atomic E-state index is 5.55. The van der Waals surface area contributed by atoms with Crippen molar-refractivity contribution in [2.75, 3.05) is 53.7 Å². The van der Waals surface area contributed by atoms with Gasteiger partial charge in [-0.25, -0.2) is 0 Å². The predicted octanol–water partition coefficient (Wildman–Crippen LogP) is 1.88. The van der Waals surface area contributed by atoms with E-state index >= 15 is 0 Å². The second kappa shape index (κ2) is 20.5. The Morgan fingerprint density at radius 3 is 1.72 bits per heavy atom. The summed E-state index contributed by atoms with van der Waals surface area (Å²) in [5, 5.41) is 3.25. The van der Waals surface area contributed by atoms with E-state index in [1.54, 1.807) is 14.2 Å². The fourth-order valence-electron chi connectivity index (χ4n) is 2.21. The molecule has 0 aromatic heterocycles. The Balaban J connectivity index is 0. The van der Waals surface area contributed by atoms with E-state index in [1.807, 2.05) is 27.7 Å². The monoisotopic (exact) mass is 398 g/mol. The molecule has 0 bridgehead atoms. The molecule has 0 aliphatic carbocycles. The van der Waals surface area contributed by atoms with Crippen molar-refractivity contribution < 1.29 is 22.1 Å². The fourth-order valence-corrected chi connectivity index (χ4v) is 5.68. The van der Waals surface area contributed by atoms with Crippen LogP contribution in [0.5, 0.6) is 0 Å². The van der Waals surface area contributed by atoms with Gasteiger partial charge in [-0.15, -0.1) is 0 Å². The minimum absolute atomic E-state index is 0.667. The molecule has 7 nitrogen and oxygen atoms in total. The second-order valence-corrected chi connectivity index (χ2v) is 10.6. The van der Waals surface area contributed by atoms with Crippen LogP contribution in [0.15, 0.2) is 0 Å². The highest BCUT2D eigenvalue weighted by Crippen LogP contribution is 2.14. The summed E-state index contributed by atoms with van der Waals surface area (Å²) in [6, 6.07) is 1.94. The first kappa shape index (κ1) is 27.4. The third-order valence-corrected chi connectivity index (χ3v) is 8.40. The van der Waals surface area contributed by atoms with Crippen LogP contribution in [-0.4, -0.2) is 71.8 Å². The second-order valence-electron chi connectivity index (χ2n) is 5.27. The van der Waals surface area contributed by atoms with E-state index in [0.717, 1.165) is 25.2 Å². The Hall–Kier alpha value is 0.154. The lowest BCUT2D eigenvalue weighted by molar-refractivity contribution is 0.0725. The minimum atomic E-state index is -2.27. The van der Waals surface area contributed by atoms with Gasteiger partial charge in [0.05, 0.1) is 0 Å². The maximum atomic E-state index is 5.55. The summed E-state index contributed by atoms with van der Waals surface area (Å²) in [4.78, 5) is 0. The zero-order chi connectivity index (χ0) is 19.4. The van der Waals surface area contributed by atoms with Crippen molar-refractivity contribution >= 4 is 18.1 Å². The topological polar surface area (TPSA) is 84.2 Å². The lowest BCUT2D eigenvalue weighted by Gasteiger charge is -2.26. The van der Waals surface area contributed by atoms with Crippen LogP contribution in [0, 0.1) is 0 Å². The highest BCUT2D eigenvalue weighted by atomic mass is 28.4. The molecule has 25 heavy (non-hydrogen) atoms. The first-order chi connectivity index (χ1) is 12.1. The molecule has 0 atom stereocenters. The lowest BCUT2D eigenvalue weighted by atomic mass is 10.3. The molecule has 154 valence electrons. The van der Waals surface area contributed by atoms with E-state index in [4.69, 9.17) is 27.9 Å². The number of hydrogen-bond acceptors (Lipinski definition) is 7. The van der Waals surface area contributed by atoms with Gasteiger partial charge in [-0.1, -0.05) is 13.3 Å². The third-order valence-electron chi connectivity index (χ3n) is 3.42. The average molecular weight is 399 g/mol. The fraction of sp³-hybridized carbons (Fsp3) is 1.00. The molecule has 0 aromatic carbocycles. The van der Waals surface area contributed by atoms with Gasteiger partial charge in [-0.05, 0) is 39.8 Å². The van der Waals surface area contributed by atoms with E-state index in [2.05, 4.69) is 5.32 Å². The molecular formula is C16H42N2O5Si2. The maximum Gasteiger partial charge on any atom is 0.500 e. The summed E-state index contributed by atoms with van der Waals surface area (Å²) in [5.41, 5.74) is 5.34. The number of rotatable bonds is 16. The Morgan fingerprint density at radius 2 is 1.36 bits per heavy atom. The minimum Gasteiger partial charge on any atom is -0.400 e. The zero-order valence-corrected chi connectivity index (χ0v) is 19.4. The largest absolute Gasteiger partial charge is 0.500 e. The van der Waals surface area contributed by atoms with Gasteiger partial charge in [0.1, 0.15) is 0 Å². The summed E-state index contributed by atoms with van der Waals surface area (Å²) < 4.78 is 27.1. The average Bonchev–Trinajstić information content (AvgIpc) is 2.62. The van der Waals surface area contributed by atoms with Crippen molar-refractivity contribution in [3.05, 3.63) is 0 Å². The standard InChI is InChI=1S/C8H22N2O2Si.C8H20O3Si/c1-11-13(12-2)8-4-3-6-10-7-5-9;1-5-9-12(8-4,10-6-2)11-7-3/h10,13H,3-9H2,1-2H3;5-8H2,1-4H3. The molecule has 0 saturated heterocycles. The Kier molecular flexibility index (Phi) is 22.4. The summed E-state index contributed by atoms with van der Waals surface area (Å²) in [7, 11) is -0.114. The van der Waals surface area contributed by atoms with Crippen LogP contribution < -0.4 is 11.1 Å². The predicted molar refractivity (Wildman–Crippen MR) is 108 cm³/mol. The van der Waals surface area contributed by atoms with Crippen LogP contribution in [-0.2, 0) is 22.1 Å². The molecule has 9 heteroatoms. The smallest absolute Gasteiger partial charge is 0.400 e. The molecule has 3 N–H and O–H groups in total. The van der Waals surface area contributed by atoms with Crippen molar-refractivity contribution in [1.82, 2.24) is 5.32 Å². The van der Waals surface area contributed by atoms with E-state index in [9.17, 15) is 0 Å².